The fraction of sp³-hybridized carbons (Fsp3) is 0.300. The minimum Gasteiger partial charge on any atom is -0.497 e. The Hall–Kier alpha value is -2.62. The molecule has 0 aliphatic carbocycles. The van der Waals surface area contributed by atoms with Gasteiger partial charge in [0.1, 0.15) is 23.0 Å². The van der Waals surface area contributed by atoms with Gasteiger partial charge >= 0.3 is 0 Å². The van der Waals surface area contributed by atoms with Gasteiger partial charge in [0.25, 0.3) is 0 Å². The highest BCUT2D eigenvalue weighted by atomic mass is 16.5. The van der Waals surface area contributed by atoms with Crippen LogP contribution in [-0.2, 0) is 4.79 Å². The van der Waals surface area contributed by atoms with E-state index in [2.05, 4.69) is 4.99 Å². The molecule has 126 valence electrons. The molecule has 0 spiro atoms. The maximum absolute atomic E-state index is 11.8. The van der Waals surface area contributed by atoms with E-state index < -0.39 is 0 Å². The highest BCUT2D eigenvalue weighted by Crippen LogP contribution is 2.26. The summed E-state index contributed by atoms with van der Waals surface area (Å²) in [6.45, 7) is 5.73. The number of Topliss-reactive ketones (excluding diaryl/α,β-unsaturated/α-hetero) is 1. The third-order valence-electron chi connectivity index (χ3n) is 3.47. The van der Waals surface area contributed by atoms with Gasteiger partial charge in [-0.3, -0.25) is 9.79 Å². The molecule has 4 heteroatoms. The van der Waals surface area contributed by atoms with Crippen molar-refractivity contribution in [3.05, 3.63) is 48.5 Å². The lowest BCUT2D eigenvalue weighted by Gasteiger charge is -2.14. The summed E-state index contributed by atoms with van der Waals surface area (Å²) in [5, 5.41) is 0. The van der Waals surface area contributed by atoms with E-state index in [0.717, 1.165) is 11.4 Å². The Labute approximate surface area is 143 Å². The molecule has 0 aliphatic rings. The summed E-state index contributed by atoms with van der Waals surface area (Å²) in [5.74, 6) is 2.34. The van der Waals surface area contributed by atoms with Crippen LogP contribution in [0.25, 0.3) is 0 Å². The van der Waals surface area contributed by atoms with E-state index >= 15 is 0 Å². The quantitative estimate of drug-likeness (QED) is 0.686. The van der Waals surface area contributed by atoms with Crippen LogP contribution in [-0.4, -0.2) is 19.1 Å². The maximum atomic E-state index is 11.8. The van der Waals surface area contributed by atoms with E-state index in [1.807, 2.05) is 69.3 Å². The molecule has 0 bridgehead atoms. The predicted octanol–water partition coefficient (Wildman–Crippen LogP) is 5.20. The maximum Gasteiger partial charge on any atom is 0.143 e. The van der Waals surface area contributed by atoms with Crippen molar-refractivity contribution in [3.63, 3.8) is 0 Å². The Morgan fingerprint density at radius 3 is 2.33 bits per heavy atom. The molecule has 0 radical (unpaired) electrons. The first-order valence-corrected chi connectivity index (χ1v) is 7.86. The molecule has 24 heavy (non-hydrogen) atoms. The second kappa shape index (κ2) is 7.77. The second-order valence-electron chi connectivity index (χ2n) is 6.46. The van der Waals surface area contributed by atoms with Crippen LogP contribution in [0.3, 0.4) is 0 Å². The molecule has 0 amide bonds. The molecule has 0 unspecified atom stereocenters. The normalized spacial score (nSPS) is 11.5. The van der Waals surface area contributed by atoms with Crippen molar-refractivity contribution < 1.29 is 14.3 Å². The van der Waals surface area contributed by atoms with Crippen LogP contribution in [0.1, 0.15) is 27.2 Å². The first-order chi connectivity index (χ1) is 11.4. The van der Waals surface area contributed by atoms with Crippen LogP contribution in [0.15, 0.2) is 53.5 Å². The van der Waals surface area contributed by atoms with Crippen LogP contribution in [0.2, 0.25) is 0 Å². The van der Waals surface area contributed by atoms with E-state index in [0.29, 0.717) is 17.9 Å². The van der Waals surface area contributed by atoms with Gasteiger partial charge in [-0.1, -0.05) is 26.8 Å². The van der Waals surface area contributed by atoms with Crippen LogP contribution >= 0.6 is 0 Å². The highest BCUT2D eigenvalue weighted by molar-refractivity contribution is 5.95. The first-order valence-electron chi connectivity index (χ1n) is 7.86. The van der Waals surface area contributed by atoms with Gasteiger partial charge in [0, 0.05) is 24.1 Å². The number of carbonyl (C=O) groups excluding carboxylic acids is 1. The molecule has 4 nitrogen and oxygen atoms in total. The number of benzene rings is 2. The third kappa shape index (κ3) is 5.23. The van der Waals surface area contributed by atoms with Crippen LogP contribution in [0.5, 0.6) is 17.2 Å². The Morgan fingerprint density at radius 2 is 1.71 bits per heavy atom. The molecular weight excluding hydrogens is 302 g/mol. The third-order valence-corrected chi connectivity index (χ3v) is 3.47. The van der Waals surface area contributed by atoms with Gasteiger partial charge in [-0.15, -0.1) is 0 Å². The number of hydrogen-bond acceptors (Lipinski definition) is 4. The van der Waals surface area contributed by atoms with Crippen molar-refractivity contribution in [2.24, 2.45) is 10.4 Å². The summed E-state index contributed by atoms with van der Waals surface area (Å²) in [6.07, 6.45) is 2.00. The average molecular weight is 325 g/mol. The van der Waals surface area contributed by atoms with Crippen molar-refractivity contribution in [2.45, 2.75) is 27.2 Å². The molecule has 0 fully saturated rings. The van der Waals surface area contributed by atoms with Gasteiger partial charge in [0.15, 0.2) is 0 Å². The predicted molar refractivity (Wildman–Crippen MR) is 96.7 cm³/mol. The number of hydrogen-bond donors (Lipinski definition) is 0. The van der Waals surface area contributed by atoms with Crippen molar-refractivity contribution in [3.8, 4) is 17.2 Å². The standard InChI is InChI=1S/C20H23NO3/c1-20(2,3)19(22)12-13-21-15-8-10-16(11-9-15)24-18-7-5-6-17(14-18)23-4/h5-11,13-14H,12H2,1-4H3. The summed E-state index contributed by atoms with van der Waals surface area (Å²) in [5.41, 5.74) is 0.454. The molecule has 0 heterocycles. The molecule has 0 saturated heterocycles. The van der Waals surface area contributed by atoms with Crippen LogP contribution in [0, 0.1) is 5.41 Å². The summed E-state index contributed by atoms with van der Waals surface area (Å²) in [7, 11) is 1.62. The number of nitrogens with zero attached hydrogens (tertiary/aromatic N) is 1. The topological polar surface area (TPSA) is 47.9 Å². The molecule has 0 atom stereocenters. The summed E-state index contributed by atoms with van der Waals surface area (Å²) < 4.78 is 10.9. The molecule has 0 saturated carbocycles. The smallest absolute Gasteiger partial charge is 0.143 e. The lowest BCUT2D eigenvalue weighted by molar-refractivity contribution is -0.124. The molecule has 2 aromatic carbocycles. The number of ketones is 1. The zero-order valence-corrected chi connectivity index (χ0v) is 14.6. The largest absolute Gasteiger partial charge is 0.497 e. The number of methoxy groups -OCH3 is 1. The molecule has 0 aromatic heterocycles. The number of ether oxygens (including phenoxy) is 2. The van der Waals surface area contributed by atoms with Crippen LogP contribution < -0.4 is 9.47 Å². The van der Waals surface area contributed by atoms with Crippen molar-refractivity contribution in [2.75, 3.05) is 7.11 Å². The summed E-state index contributed by atoms with van der Waals surface area (Å²) in [6, 6.07) is 14.8. The second-order valence-corrected chi connectivity index (χ2v) is 6.46. The molecule has 0 aliphatic heterocycles. The van der Waals surface area contributed by atoms with Crippen LogP contribution in [0.4, 0.5) is 5.69 Å². The summed E-state index contributed by atoms with van der Waals surface area (Å²) in [4.78, 5) is 16.2. The molecule has 2 rings (SSSR count). The minimum absolute atomic E-state index is 0.171. The number of aliphatic imine (C=N–C) groups is 1. The SMILES string of the molecule is COc1cccc(Oc2ccc(N=CCC(=O)C(C)(C)C)cc2)c1. The van der Waals surface area contributed by atoms with E-state index in [-0.39, 0.29) is 11.2 Å². The lowest BCUT2D eigenvalue weighted by Crippen LogP contribution is -2.19. The van der Waals surface area contributed by atoms with Crippen molar-refractivity contribution >= 4 is 17.7 Å². The fourth-order valence-corrected chi connectivity index (χ4v) is 1.94. The fourth-order valence-electron chi connectivity index (χ4n) is 1.94. The van der Waals surface area contributed by atoms with E-state index in [9.17, 15) is 4.79 Å². The van der Waals surface area contributed by atoms with Gasteiger partial charge in [-0.05, 0) is 36.4 Å². The van der Waals surface area contributed by atoms with Gasteiger partial charge in [-0.25, -0.2) is 0 Å². The van der Waals surface area contributed by atoms with E-state index in [4.69, 9.17) is 9.47 Å². The Kier molecular flexibility index (Phi) is 5.74. The highest BCUT2D eigenvalue weighted by Gasteiger charge is 2.19. The Balaban J connectivity index is 1.96. The van der Waals surface area contributed by atoms with Gasteiger partial charge < -0.3 is 9.47 Å². The lowest BCUT2D eigenvalue weighted by atomic mass is 9.89. The van der Waals surface area contributed by atoms with E-state index in [1.54, 1.807) is 13.3 Å². The average Bonchev–Trinajstić information content (AvgIpc) is 2.55. The van der Waals surface area contributed by atoms with Gasteiger partial charge in [0.2, 0.25) is 0 Å². The van der Waals surface area contributed by atoms with Gasteiger partial charge in [-0.2, -0.15) is 0 Å². The number of carbonyl (C=O) groups is 1. The van der Waals surface area contributed by atoms with E-state index in [1.165, 1.54) is 0 Å². The van der Waals surface area contributed by atoms with Gasteiger partial charge in [0.05, 0.1) is 12.8 Å². The first kappa shape index (κ1) is 17.7. The molecule has 0 N–H and O–H groups in total. The monoisotopic (exact) mass is 325 g/mol. The summed E-state index contributed by atoms with van der Waals surface area (Å²) >= 11 is 0. The zero-order chi connectivity index (χ0) is 17.6. The Bertz CT molecular complexity index is 712. The molecule has 2 aromatic rings. The van der Waals surface area contributed by atoms with Crippen molar-refractivity contribution in [1.82, 2.24) is 0 Å². The molecular formula is C20H23NO3. The minimum atomic E-state index is -0.333. The zero-order valence-electron chi connectivity index (χ0n) is 14.6. The Morgan fingerprint density at radius 1 is 1.04 bits per heavy atom. The van der Waals surface area contributed by atoms with Crippen molar-refractivity contribution in [1.29, 1.82) is 0 Å². The number of rotatable bonds is 6.